The summed E-state index contributed by atoms with van der Waals surface area (Å²) in [5.41, 5.74) is 0.129. The number of nitrogens with zero attached hydrogens (tertiary/aromatic N) is 1. The molecule has 9 heteroatoms. The molecule has 0 spiro atoms. The molecule has 1 aromatic rings. The van der Waals surface area contributed by atoms with Crippen molar-refractivity contribution in [2.24, 2.45) is 0 Å². The highest BCUT2D eigenvalue weighted by molar-refractivity contribution is 7.91. The number of rotatable bonds is 5. The fourth-order valence-corrected chi connectivity index (χ4v) is 6.01. The highest BCUT2D eigenvalue weighted by Crippen LogP contribution is 2.29. The maximum absolute atomic E-state index is 12.8. The van der Waals surface area contributed by atoms with Crippen LogP contribution < -0.4 is 0 Å². The average Bonchev–Trinajstić information content (AvgIpc) is 3.23. The summed E-state index contributed by atoms with van der Waals surface area (Å²) in [5.74, 6) is -1.00. The Morgan fingerprint density at radius 1 is 1.11 bits per heavy atom. The van der Waals surface area contributed by atoms with Gasteiger partial charge >= 0.3 is 5.97 Å². The van der Waals surface area contributed by atoms with Crippen molar-refractivity contribution in [2.45, 2.75) is 44.2 Å². The number of ether oxygens (including phenoxy) is 1. The lowest BCUT2D eigenvalue weighted by Crippen LogP contribution is -2.48. The fourth-order valence-electron chi connectivity index (χ4n) is 3.82. The Morgan fingerprint density at radius 2 is 1.81 bits per heavy atom. The van der Waals surface area contributed by atoms with Crippen molar-refractivity contribution in [3.63, 3.8) is 0 Å². The second-order valence-corrected chi connectivity index (χ2v) is 10.1. The Kier molecular flexibility index (Phi) is 6.33. The van der Waals surface area contributed by atoms with Gasteiger partial charge in [0.1, 0.15) is 0 Å². The predicted molar refractivity (Wildman–Crippen MR) is 103 cm³/mol. The fraction of sp³-hybridized carbons (Fsp3) is 0.556. The molecule has 1 atom stereocenters. The van der Waals surface area contributed by atoms with Crippen molar-refractivity contribution in [3.8, 4) is 0 Å². The Labute approximate surface area is 168 Å². The van der Waals surface area contributed by atoms with Gasteiger partial charge in [-0.3, -0.25) is 4.79 Å². The van der Waals surface area contributed by atoms with E-state index in [0.717, 1.165) is 25.7 Å². The normalized spacial score (nSPS) is 21.9. The summed E-state index contributed by atoms with van der Waals surface area (Å²) in [6.45, 7) is -0.440. The van der Waals surface area contributed by atoms with Crippen LogP contribution in [0.15, 0.2) is 18.2 Å². The molecule has 1 aliphatic heterocycles. The molecule has 1 aromatic carbocycles. The third kappa shape index (κ3) is 4.95. The number of esters is 1. The van der Waals surface area contributed by atoms with Gasteiger partial charge in [-0.05, 0) is 37.5 Å². The van der Waals surface area contributed by atoms with E-state index in [9.17, 15) is 18.0 Å². The van der Waals surface area contributed by atoms with Crippen LogP contribution in [0.5, 0.6) is 0 Å². The third-order valence-electron chi connectivity index (χ3n) is 5.09. The van der Waals surface area contributed by atoms with Gasteiger partial charge in [0.15, 0.2) is 16.4 Å². The first-order valence-corrected chi connectivity index (χ1v) is 11.5. The molecule has 0 N–H and O–H groups in total. The van der Waals surface area contributed by atoms with Crippen LogP contribution in [-0.2, 0) is 19.4 Å². The first kappa shape index (κ1) is 20.4. The molecule has 1 saturated heterocycles. The Bertz CT molecular complexity index is 836. The minimum absolute atomic E-state index is 0.00798. The first-order chi connectivity index (χ1) is 12.8. The summed E-state index contributed by atoms with van der Waals surface area (Å²) in [5, 5.41) is 0.539. The summed E-state index contributed by atoms with van der Waals surface area (Å²) in [6, 6.07) is 4.04. The number of amides is 1. The molecular formula is C18H21Cl2NO5S. The largest absolute Gasteiger partial charge is 0.452 e. The van der Waals surface area contributed by atoms with Crippen molar-refractivity contribution in [1.82, 2.24) is 4.90 Å². The molecule has 0 aromatic heterocycles. The van der Waals surface area contributed by atoms with E-state index < -0.39 is 22.4 Å². The first-order valence-electron chi connectivity index (χ1n) is 8.90. The van der Waals surface area contributed by atoms with Crippen molar-refractivity contribution < 1.29 is 22.7 Å². The molecule has 0 radical (unpaired) electrons. The molecule has 2 fully saturated rings. The lowest BCUT2D eigenvalue weighted by atomic mass is 10.1. The van der Waals surface area contributed by atoms with E-state index in [0.29, 0.717) is 11.4 Å². The van der Waals surface area contributed by atoms with Crippen LogP contribution in [0.25, 0.3) is 0 Å². The van der Waals surface area contributed by atoms with Gasteiger partial charge in [-0.25, -0.2) is 13.2 Å². The quantitative estimate of drug-likeness (QED) is 0.666. The number of hydrogen-bond acceptors (Lipinski definition) is 5. The van der Waals surface area contributed by atoms with Gasteiger partial charge in [0.2, 0.25) is 0 Å². The lowest BCUT2D eigenvalue weighted by Gasteiger charge is -2.33. The molecule has 3 rings (SSSR count). The summed E-state index contributed by atoms with van der Waals surface area (Å²) >= 11 is 11.8. The molecule has 148 valence electrons. The average molecular weight is 434 g/mol. The number of carbonyl (C=O) groups is 2. The molecule has 1 saturated carbocycles. The predicted octanol–water partition coefficient (Wildman–Crippen LogP) is 3.11. The Morgan fingerprint density at radius 3 is 2.41 bits per heavy atom. The number of hydrogen-bond donors (Lipinski definition) is 0. The molecule has 1 heterocycles. The molecule has 2 aliphatic rings. The highest BCUT2D eigenvalue weighted by Gasteiger charge is 2.39. The van der Waals surface area contributed by atoms with E-state index in [2.05, 4.69) is 0 Å². The standard InChI is InChI=1S/C18H21Cl2NO5S/c19-12-5-6-15(16(20)9-12)18(23)26-10-17(22)21(13-3-1-2-4-13)14-7-8-27(24,25)11-14/h5-6,9,13-14H,1-4,7-8,10-11H2. The minimum Gasteiger partial charge on any atom is -0.452 e. The van der Waals surface area contributed by atoms with Crippen LogP contribution in [0, 0.1) is 0 Å². The minimum atomic E-state index is -3.12. The van der Waals surface area contributed by atoms with Gasteiger partial charge in [0.05, 0.1) is 22.1 Å². The number of sulfone groups is 1. The monoisotopic (exact) mass is 433 g/mol. The topological polar surface area (TPSA) is 80.8 Å². The summed E-state index contributed by atoms with van der Waals surface area (Å²) < 4.78 is 28.9. The Hall–Kier alpha value is -1.31. The van der Waals surface area contributed by atoms with E-state index in [1.54, 1.807) is 4.90 Å². The van der Waals surface area contributed by atoms with Gasteiger partial charge in [-0.15, -0.1) is 0 Å². The van der Waals surface area contributed by atoms with Gasteiger partial charge in [0, 0.05) is 17.1 Å². The maximum Gasteiger partial charge on any atom is 0.340 e. The van der Waals surface area contributed by atoms with Gasteiger partial charge in [-0.2, -0.15) is 0 Å². The molecule has 27 heavy (non-hydrogen) atoms. The zero-order chi connectivity index (χ0) is 19.6. The van der Waals surface area contributed by atoms with E-state index in [1.165, 1.54) is 18.2 Å². The van der Waals surface area contributed by atoms with E-state index in [-0.39, 0.29) is 40.1 Å². The molecule has 1 unspecified atom stereocenters. The van der Waals surface area contributed by atoms with E-state index >= 15 is 0 Å². The van der Waals surface area contributed by atoms with Gasteiger partial charge in [-0.1, -0.05) is 36.0 Å². The van der Waals surface area contributed by atoms with Crippen molar-refractivity contribution in [3.05, 3.63) is 33.8 Å². The summed E-state index contributed by atoms with van der Waals surface area (Å²) in [7, 11) is -3.12. The summed E-state index contributed by atoms with van der Waals surface area (Å²) in [6.07, 6.45) is 4.14. The number of carbonyl (C=O) groups excluding carboxylic acids is 2. The molecule has 1 amide bonds. The molecule has 1 aliphatic carbocycles. The van der Waals surface area contributed by atoms with Crippen molar-refractivity contribution >= 4 is 44.9 Å². The second kappa shape index (κ2) is 8.37. The lowest BCUT2D eigenvalue weighted by molar-refractivity contribution is -0.139. The highest BCUT2D eigenvalue weighted by atomic mass is 35.5. The van der Waals surface area contributed by atoms with Crippen LogP contribution in [-0.4, -0.2) is 55.4 Å². The van der Waals surface area contributed by atoms with Crippen molar-refractivity contribution in [2.75, 3.05) is 18.1 Å². The second-order valence-electron chi connectivity index (χ2n) is 7.00. The van der Waals surface area contributed by atoms with Gasteiger partial charge < -0.3 is 9.64 Å². The smallest absolute Gasteiger partial charge is 0.340 e. The molecule has 0 bridgehead atoms. The summed E-state index contributed by atoms with van der Waals surface area (Å²) in [4.78, 5) is 26.7. The van der Waals surface area contributed by atoms with Crippen LogP contribution in [0.1, 0.15) is 42.5 Å². The third-order valence-corrected chi connectivity index (χ3v) is 7.38. The number of halogens is 2. The SMILES string of the molecule is O=C(OCC(=O)N(C1CCCC1)C1CCS(=O)(=O)C1)c1ccc(Cl)cc1Cl. The zero-order valence-corrected chi connectivity index (χ0v) is 17.0. The Balaban J connectivity index is 1.68. The van der Waals surface area contributed by atoms with Crippen LogP contribution >= 0.6 is 23.2 Å². The van der Waals surface area contributed by atoms with E-state index in [4.69, 9.17) is 27.9 Å². The van der Waals surface area contributed by atoms with Crippen LogP contribution in [0.3, 0.4) is 0 Å². The van der Waals surface area contributed by atoms with Crippen LogP contribution in [0.4, 0.5) is 0 Å². The molecule has 6 nitrogen and oxygen atoms in total. The van der Waals surface area contributed by atoms with Crippen LogP contribution in [0.2, 0.25) is 10.0 Å². The van der Waals surface area contributed by atoms with E-state index in [1.807, 2.05) is 0 Å². The zero-order valence-electron chi connectivity index (χ0n) is 14.7. The number of benzene rings is 1. The van der Waals surface area contributed by atoms with Crippen molar-refractivity contribution in [1.29, 1.82) is 0 Å². The maximum atomic E-state index is 12.8. The molecular weight excluding hydrogens is 413 g/mol. The van der Waals surface area contributed by atoms with Gasteiger partial charge in [0.25, 0.3) is 5.91 Å².